The molecule has 240 valence electrons. The number of hydrogen-bond acceptors (Lipinski definition) is 0. The minimum atomic E-state index is -6.52. The topological polar surface area (TPSA) is 9.86 Å². The zero-order valence-electron chi connectivity index (χ0n) is 58.5. The third-order valence-electron chi connectivity index (χ3n) is 8.31. The average molecular weight is 700 g/mol. The Bertz CT molecular complexity index is 4520. The van der Waals surface area contributed by atoms with E-state index in [4.69, 9.17) is 24.7 Å². The van der Waals surface area contributed by atoms with Crippen LogP contribution < -0.4 is 20.7 Å². The molecular weight excluding hydrogens is 633 g/mol. The summed E-state index contributed by atoms with van der Waals surface area (Å²) in [5.41, 5.74) is -4.67. The normalized spacial score (nSPS) is 21.0. The van der Waals surface area contributed by atoms with Gasteiger partial charge < -0.3 is 9.13 Å². The highest BCUT2D eigenvalue weighted by Crippen LogP contribution is 2.36. The quantitative estimate of drug-likeness (QED) is 0.121. The molecule has 10 rings (SSSR count). The Morgan fingerprint density at radius 2 is 0.745 bits per heavy atom. The number of fused-ring (bicyclic) bond motifs is 6. The molecule has 51 heavy (non-hydrogen) atoms. The van der Waals surface area contributed by atoms with Gasteiger partial charge in [-0.25, -0.2) is 0 Å². The van der Waals surface area contributed by atoms with E-state index in [0.29, 0.717) is 4.57 Å². The van der Waals surface area contributed by atoms with Crippen LogP contribution in [0.15, 0.2) is 205 Å². The van der Waals surface area contributed by atoms with Crippen molar-refractivity contribution in [3.05, 3.63) is 205 Å². The van der Waals surface area contributed by atoms with Crippen molar-refractivity contribution in [3.8, 4) is 11.4 Å². The van der Waals surface area contributed by atoms with Crippen LogP contribution >= 0.6 is 0 Å². The van der Waals surface area contributed by atoms with Crippen LogP contribution in [0.1, 0.15) is 45.2 Å². The average Bonchev–Trinajstić information content (AvgIpc) is 1.15. The summed E-state index contributed by atoms with van der Waals surface area (Å²) in [4.78, 5) is 0. The Kier molecular flexibility index (Phi) is 2.63. The molecule has 0 saturated carbocycles. The standard InChI is InChI=1S/C48H34N2Si/c1-4-18-37(19-5-1)51(38-20-6-2-7-21-38,39-22-8-3-9-23-39)40-24-16-17-35(33-40)49-47-30-15-12-27-43(47)44-34-36(31-32-48(44)49)50-45-28-13-10-25-41(45)42-26-11-14-29-46(42)50/h1-34H/i1D,2D,3D,4D,5D,6D,7D,8D,9D,10D,11D,12D,13D,14D,15D,16D,17D,18D,19D,20D,21D,22D,23D,24D,25D,26D,27D,28D,30D,31D,32D,33D,34D. The summed E-state index contributed by atoms with van der Waals surface area (Å²) in [6.45, 7) is 0. The maximum Gasteiger partial charge on any atom is 0.179 e. The zero-order chi connectivity index (χ0) is 62.5. The maximum absolute atomic E-state index is 10.5. The van der Waals surface area contributed by atoms with E-state index in [1.165, 1.54) is 0 Å². The number of para-hydroxylation sites is 3. The van der Waals surface area contributed by atoms with E-state index < -0.39 is 272 Å². The van der Waals surface area contributed by atoms with Crippen molar-refractivity contribution in [2.24, 2.45) is 0 Å². The summed E-state index contributed by atoms with van der Waals surface area (Å²) in [5.74, 6) is 0. The molecule has 0 bridgehead atoms. The number of nitrogens with zero attached hydrogens (tertiary/aromatic N) is 2. The van der Waals surface area contributed by atoms with Gasteiger partial charge in [0.15, 0.2) is 8.07 Å². The van der Waals surface area contributed by atoms with Crippen LogP contribution in [0.5, 0.6) is 0 Å². The predicted octanol–water partition coefficient (Wildman–Crippen LogP) is 9.26. The van der Waals surface area contributed by atoms with Gasteiger partial charge in [-0.3, -0.25) is 0 Å². The van der Waals surface area contributed by atoms with Crippen LogP contribution in [0.25, 0.3) is 55.0 Å². The smallest absolute Gasteiger partial charge is 0.179 e. The molecule has 3 heteroatoms. The van der Waals surface area contributed by atoms with Crippen LogP contribution in [-0.2, 0) is 0 Å². The van der Waals surface area contributed by atoms with Crippen molar-refractivity contribution in [2.75, 3.05) is 0 Å². The predicted molar refractivity (Wildman–Crippen MR) is 219 cm³/mol. The second-order valence-electron chi connectivity index (χ2n) is 10.8. The monoisotopic (exact) mass is 699 g/mol. The van der Waals surface area contributed by atoms with Gasteiger partial charge in [0.05, 0.1) is 67.3 Å². The summed E-state index contributed by atoms with van der Waals surface area (Å²) in [5, 5.41) is -7.22. The molecule has 0 atom stereocenters. The van der Waals surface area contributed by atoms with Gasteiger partial charge in [0.2, 0.25) is 0 Å². The van der Waals surface area contributed by atoms with Crippen molar-refractivity contribution in [3.63, 3.8) is 0 Å². The first-order chi connectivity index (χ1) is 39.0. The molecule has 0 fully saturated rings. The molecule has 0 radical (unpaired) electrons. The fourth-order valence-electron chi connectivity index (χ4n) is 6.25. The van der Waals surface area contributed by atoms with Crippen molar-refractivity contribution in [1.29, 1.82) is 0 Å². The Morgan fingerprint density at radius 3 is 1.35 bits per heavy atom. The van der Waals surface area contributed by atoms with Gasteiger partial charge in [0, 0.05) is 32.9 Å². The lowest BCUT2D eigenvalue weighted by Crippen LogP contribution is -2.74. The molecule has 0 amide bonds. The lowest BCUT2D eigenvalue weighted by atomic mass is 10.1. The van der Waals surface area contributed by atoms with Crippen LogP contribution in [0.3, 0.4) is 0 Å². The minimum absolute atomic E-state index is 0.374. The molecule has 8 aromatic carbocycles. The highest BCUT2D eigenvalue weighted by molar-refractivity contribution is 7.19. The third kappa shape index (κ3) is 4.49. The number of rotatable bonds is 6. The summed E-state index contributed by atoms with van der Waals surface area (Å²) in [6.07, 6.45) is 0. The largest absolute Gasteiger partial charge is 0.309 e. The first-order valence-electron chi connectivity index (χ1n) is 31.4. The second-order valence-corrected chi connectivity index (χ2v) is 14.3. The van der Waals surface area contributed by atoms with Crippen molar-refractivity contribution in [1.82, 2.24) is 9.13 Å². The summed E-state index contributed by atoms with van der Waals surface area (Å²) in [7, 11) is -6.52. The van der Waals surface area contributed by atoms with Gasteiger partial charge in [0.25, 0.3) is 0 Å². The summed E-state index contributed by atoms with van der Waals surface area (Å²) >= 11 is 0. The molecule has 0 N–H and O–H groups in total. The Balaban J connectivity index is 1.55. The van der Waals surface area contributed by atoms with Gasteiger partial charge in [-0.05, 0) is 69.1 Å². The first-order valence-corrected chi connectivity index (χ1v) is 16.9. The van der Waals surface area contributed by atoms with Gasteiger partial charge >= 0.3 is 0 Å². The highest BCUT2D eigenvalue weighted by Gasteiger charge is 2.41. The number of benzene rings is 8. The van der Waals surface area contributed by atoms with Crippen LogP contribution in [0.2, 0.25) is 0 Å². The Hall–Kier alpha value is -6.42. The van der Waals surface area contributed by atoms with Gasteiger partial charge in [0.1, 0.15) is 0 Å². The fourth-order valence-corrected chi connectivity index (χ4v) is 9.81. The van der Waals surface area contributed by atoms with E-state index in [2.05, 4.69) is 0 Å². The Labute approximate surface area is 344 Å². The van der Waals surface area contributed by atoms with Gasteiger partial charge in [-0.2, -0.15) is 0 Å². The lowest BCUT2D eigenvalue weighted by molar-refractivity contribution is 1.17. The van der Waals surface area contributed by atoms with Crippen molar-refractivity contribution >= 4 is 72.4 Å². The fraction of sp³-hybridized carbons (Fsp3) is 0. The molecule has 2 nitrogen and oxygen atoms in total. The SMILES string of the molecule is [2H]c1cc2c(c([2H])c1[2H])c1c([2H])c([2H])c([2H])c([2H])c1n2-c1c([2H])c([2H])c2c(c1[2H])c1c([2H])c([2H])c([2H])c([2H])c1n2-c1c([2H])c([2H])c([2H])c([Si](c2c([2H])c([2H])c([2H])c([2H])c2[2H])(c2c([2H])c([2H])c([2H])c([2H])c2[2H])c2c([2H])c([2H])c([2H])c([2H])c2[2H])c1[2H]. The van der Waals surface area contributed by atoms with E-state index in [1.807, 2.05) is 0 Å². The maximum atomic E-state index is 10.5. The van der Waals surface area contributed by atoms with E-state index in [9.17, 15) is 20.6 Å². The van der Waals surface area contributed by atoms with Crippen LogP contribution in [0.4, 0.5) is 0 Å². The number of hydrogen-bond donors (Lipinski definition) is 0. The second kappa shape index (κ2) is 11.9. The lowest BCUT2D eigenvalue weighted by Gasteiger charge is -2.34. The summed E-state index contributed by atoms with van der Waals surface area (Å²) < 4.78 is 305. The van der Waals surface area contributed by atoms with E-state index in [1.54, 1.807) is 0 Å². The molecule has 0 saturated heterocycles. The molecule has 0 aliphatic rings. The zero-order valence-corrected chi connectivity index (χ0v) is 26.5. The minimum Gasteiger partial charge on any atom is -0.309 e. The first kappa shape index (κ1) is 11.3. The van der Waals surface area contributed by atoms with E-state index in [0.717, 1.165) is 10.6 Å². The molecule has 0 aliphatic heterocycles. The van der Waals surface area contributed by atoms with Gasteiger partial charge in [-0.15, -0.1) is 0 Å². The molecular formula is C48H34N2Si. The molecule has 0 aliphatic carbocycles. The molecule has 0 spiro atoms. The number of aromatic nitrogens is 2. The molecule has 2 heterocycles. The van der Waals surface area contributed by atoms with E-state index >= 15 is 0 Å². The van der Waals surface area contributed by atoms with Crippen LogP contribution in [-0.4, -0.2) is 17.2 Å². The van der Waals surface area contributed by atoms with E-state index in [-0.39, 0.29) is 10.9 Å². The summed E-state index contributed by atoms with van der Waals surface area (Å²) in [6, 6.07) is -36.2. The van der Waals surface area contributed by atoms with Crippen molar-refractivity contribution in [2.45, 2.75) is 0 Å². The van der Waals surface area contributed by atoms with Crippen LogP contribution in [0, 0.1) is 0 Å². The molecule has 10 aromatic rings. The third-order valence-corrected chi connectivity index (χ3v) is 12.3. The van der Waals surface area contributed by atoms with Gasteiger partial charge in [-0.1, -0.05) is 157 Å². The Morgan fingerprint density at radius 1 is 0.314 bits per heavy atom. The van der Waals surface area contributed by atoms with Crippen molar-refractivity contribution < 1.29 is 45.2 Å². The highest BCUT2D eigenvalue weighted by atomic mass is 28.3. The molecule has 2 aromatic heterocycles. The molecule has 0 unspecified atom stereocenters.